The number of aromatic amines is 1. The Morgan fingerprint density at radius 1 is 0.581 bits per heavy atom. The van der Waals surface area contributed by atoms with Crippen LogP contribution >= 0.6 is 0 Å². The summed E-state index contributed by atoms with van der Waals surface area (Å²) in [7, 11) is 5.31. The smallest absolute Gasteiger partial charge is 0.323 e. The average molecular weight is 1900 g/mol. The standard InChI is InChI=1S/C91H130N22O23/c1-10-12-22-70-84(127)102-62(35-50(3)4)81(124)107-68(79(122)98-44-75(95)117)43-96-45-76(118)99-64(36-52-26-28-56(135-9)29-27-52)87(130)108(6)51(5)78(121)104-66(40-74(94)116)90(133)112-33-18-25-71(112)85(128)106-67(41-93)83(126)101-61(31-34-136-49-114)89(132)113-47-55(115)39-73(113)86(129)103-63(37-53-42-97-59-21-16-14-19-57(53)59)82(125)100-60(30-32-92)80(123)105-65(88(131)110(8)72(23-13-11-2)91(134)109(70)7)38-54-46-111(48-77(119)120)69-24-17-15-20-58(54)69/h14-17,19-21,24,26-29,42,46,49-51,55,60-68,70-73,96-97,115H,10-13,18,22-23,25,30-41,43-45,47-48,92-93H2,1-9H3,(H2,94,116)(H2,95,117)(H,98,122)(H,99,118)(H,100,125)(H,101,126)(H,102,127)(H,103,129)(H,104,121)(H,105,123)(H,106,128)(H,107,124)(H,119,120)/t51-,55+,60-,61-,62-,63-,64-,65-,66-,67-,68-,70-,71-,72-,73-/m0/s1. The molecule has 3 aromatic carbocycles. The average Bonchev–Trinajstić information content (AvgIpc) is 1.64. The second-order valence-electron chi connectivity index (χ2n) is 34.7. The van der Waals surface area contributed by atoms with Crippen LogP contribution in [0.4, 0.5) is 0 Å². The van der Waals surface area contributed by atoms with Gasteiger partial charge in [-0.15, -0.1) is 0 Å². The van der Waals surface area contributed by atoms with Gasteiger partial charge in [-0.3, -0.25) is 91.1 Å². The summed E-state index contributed by atoms with van der Waals surface area (Å²) in [5.41, 5.74) is 25.8. The summed E-state index contributed by atoms with van der Waals surface area (Å²) in [5.74, 6) is -17.7. The number of methoxy groups -OCH3 is 1. The predicted molar refractivity (Wildman–Crippen MR) is 492 cm³/mol. The number of primary amides is 2. The van der Waals surface area contributed by atoms with E-state index in [1.54, 1.807) is 92.8 Å². The molecule has 15 atom stereocenters. The molecule has 0 spiro atoms. The molecule has 2 aromatic heterocycles. The number of likely N-dealkylation sites (N-methyl/N-ethyl adjacent to an activating group) is 3. The molecule has 45 nitrogen and oxygen atoms in total. The zero-order chi connectivity index (χ0) is 99.9. The van der Waals surface area contributed by atoms with Crippen molar-refractivity contribution in [2.75, 3.05) is 80.7 Å². The van der Waals surface area contributed by atoms with Crippen LogP contribution in [0.5, 0.6) is 5.75 Å². The van der Waals surface area contributed by atoms with E-state index in [9.17, 15) is 67.7 Å². The minimum absolute atomic E-state index is 0.0110. The van der Waals surface area contributed by atoms with Crippen LogP contribution < -0.4 is 86.2 Å². The normalized spacial score (nSPS) is 24.6. The number of carboxylic acid groups (broad SMARTS) is 1. The zero-order valence-corrected chi connectivity index (χ0v) is 78.0. The lowest BCUT2D eigenvalue weighted by molar-refractivity contribution is -0.149. The van der Waals surface area contributed by atoms with Gasteiger partial charge in [-0.05, 0) is 98.9 Å². The van der Waals surface area contributed by atoms with Crippen molar-refractivity contribution in [3.8, 4) is 5.75 Å². The molecule has 3 aliphatic heterocycles. The van der Waals surface area contributed by atoms with Gasteiger partial charge in [-0.2, -0.15) is 0 Å². The number of para-hydroxylation sites is 2. The summed E-state index contributed by atoms with van der Waals surface area (Å²) in [6.45, 7) is 3.74. The van der Waals surface area contributed by atoms with Gasteiger partial charge in [0.2, 0.25) is 100 Å². The minimum Gasteiger partial charge on any atom is -0.497 e. The summed E-state index contributed by atoms with van der Waals surface area (Å²) in [5, 5.41) is 51.5. The topological polar surface area (TPSA) is 657 Å². The highest BCUT2D eigenvalue weighted by molar-refractivity contribution is 6.03. The lowest BCUT2D eigenvalue weighted by atomic mass is 9.99. The molecule has 0 radical (unpaired) electrons. The highest BCUT2D eigenvalue weighted by Crippen LogP contribution is 2.29. The van der Waals surface area contributed by atoms with E-state index in [4.69, 9.17) is 32.4 Å². The van der Waals surface area contributed by atoms with Crippen molar-refractivity contribution in [2.24, 2.45) is 28.9 Å². The Labute approximate surface area is 786 Å². The fourth-order valence-corrected chi connectivity index (χ4v) is 16.8. The molecule has 742 valence electrons. The largest absolute Gasteiger partial charge is 0.497 e. The van der Waals surface area contributed by atoms with Crippen LogP contribution in [0.2, 0.25) is 0 Å². The number of carbonyl (C=O) groups excluding carboxylic acids is 18. The van der Waals surface area contributed by atoms with E-state index in [0.717, 1.165) is 24.5 Å². The van der Waals surface area contributed by atoms with Crippen LogP contribution in [0, 0.1) is 5.92 Å². The highest BCUT2D eigenvalue weighted by atomic mass is 16.5. The molecular formula is C91H130N22O23. The van der Waals surface area contributed by atoms with Gasteiger partial charge in [0.25, 0.3) is 6.47 Å². The number of amides is 17. The molecular weight excluding hydrogens is 1770 g/mol. The number of nitrogens with one attached hydrogen (secondary N) is 12. The Hall–Kier alpha value is -13.7. The first-order valence-electron chi connectivity index (χ1n) is 45.5. The molecule has 3 fully saturated rings. The van der Waals surface area contributed by atoms with Crippen molar-refractivity contribution in [1.82, 2.24) is 92.5 Å². The quantitative estimate of drug-likeness (QED) is 0.0158. The fourth-order valence-electron chi connectivity index (χ4n) is 16.8. The van der Waals surface area contributed by atoms with Crippen LogP contribution in [0.25, 0.3) is 21.8 Å². The first kappa shape index (κ1) is 108. The molecule has 0 bridgehead atoms. The molecule has 136 heavy (non-hydrogen) atoms. The monoisotopic (exact) mass is 1900 g/mol. The second kappa shape index (κ2) is 51.7. The number of carbonyl (C=O) groups is 19. The van der Waals surface area contributed by atoms with Crippen molar-refractivity contribution in [2.45, 2.75) is 235 Å². The van der Waals surface area contributed by atoms with Crippen molar-refractivity contribution in [3.63, 3.8) is 0 Å². The Kier molecular flexibility index (Phi) is 40.9. The summed E-state index contributed by atoms with van der Waals surface area (Å²) in [4.78, 5) is 282. The van der Waals surface area contributed by atoms with Crippen LogP contribution in [-0.4, -0.2) is 328 Å². The molecule has 0 aliphatic carbocycles. The van der Waals surface area contributed by atoms with Crippen molar-refractivity contribution >= 4 is 135 Å². The number of unbranched alkanes of at least 4 members (excludes halogenated alkanes) is 2. The molecule has 3 aliphatic rings. The summed E-state index contributed by atoms with van der Waals surface area (Å²) < 4.78 is 11.7. The number of aliphatic carboxylic acids is 1. The number of hydrogen-bond donors (Lipinski definition) is 18. The number of hydrogen-bond acceptors (Lipinski definition) is 25. The first-order chi connectivity index (χ1) is 64.8. The number of H-pyrrole nitrogens is 1. The molecule has 0 unspecified atom stereocenters. The number of rotatable bonds is 29. The third-order valence-electron chi connectivity index (χ3n) is 24.3. The zero-order valence-electron chi connectivity index (χ0n) is 78.0. The van der Waals surface area contributed by atoms with Gasteiger partial charge in [0, 0.05) is 114 Å². The van der Waals surface area contributed by atoms with Crippen molar-refractivity contribution in [3.05, 3.63) is 102 Å². The summed E-state index contributed by atoms with van der Waals surface area (Å²) >= 11 is 0. The Morgan fingerprint density at radius 3 is 1.80 bits per heavy atom. The maximum atomic E-state index is 16.0. The van der Waals surface area contributed by atoms with E-state index in [1.165, 1.54) is 45.9 Å². The van der Waals surface area contributed by atoms with E-state index < -0.39 is 269 Å². The van der Waals surface area contributed by atoms with Gasteiger partial charge in [0.15, 0.2) is 0 Å². The Bertz CT molecular complexity index is 5100. The molecule has 45 heteroatoms. The minimum atomic E-state index is -1.80. The van der Waals surface area contributed by atoms with Gasteiger partial charge >= 0.3 is 5.97 Å². The second-order valence-corrected chi connectivity index (χ2v) is 34.7. The molecule has 8 rings (SSSR count). The van der Waals surface area contributed by atoms with Crippen LogP contribution in [0.1, 0.15) is 135 Å². The Balaban J connectivity index is 1.21. The van der Waals surface area contributed by atoms with Crippen molar-refractivity contribution in [1.29, 1.82) is 0 Å². The Morgan fingerprint density at radius 2 is 1.15 bits per heavy atom. The third kappa shape index (κ3) is 29.7. The van der Waals surface area contributed by atoms with Crippen LogP contribution in [0.3, 0.4) is 0 Å². The highest BCUT2D eigenvalue weighted by Gasteiger charge is 2.47. The van der Waals surface area contributed by atoms with Gasteiger partial charge in [0.1, 0.15) is 96.9 Å². The van der Waals surface area contributed by atoms with E-state index in [0.29, 0.717) is 69.9 Å². The van der Waals surface area contributed by atoms with Crippen LogP contribution in [-0.2, 0) is 122 Å². The number of fused-ring (bicyclic) bond motifs is 4. The number of nitrogens with two attached hydrogens (primary N) is 4. The van der Waals surface area contributed by atoms with Crippen molar-refractivity contribution < 1.29 is 111 Å². The SMILES string of the molecule is CCCC[C@H]1C(=O)N(C)[C@@H](CCCC)C(=O)N[C@@H](CC(C)C)C(=O)N[C@H](C(=O)NCC(N)=O)CNCC(=O)N[C@@H](Cc2ccc(OC)cc2)C(=O)N(C)[C@@H](C)C(=O)N[C@@H](CC(N)=O)C(=O)N2CCC[C@H]2C(=O)N[C@@H](CN)C(=O)N[C@@H](CCOC=O)C(=O)N2C[C@H](O)C[C@H]2C(=O)N[C@@H](Cc2c[nH]c3ccccc23)C(=O)N[C@@H](CCN)C(=O)N[C@@H](Cc2cn(CC(=O)O)c3ccccc23)C(=O)N1C. The number of aliphatic hydroxyl groups excluding tert-OH is 1. The van der Waals surface area contributed by atoms with E-state index in [-0.39, 0.29) is 76.8 Å². The maximum Gasteiger partial charge on any atom is 0.323 e. The number of carboxylic acids is 1. The number of aliphatic hydroxyl groups is 1. The van der Waals surface area contributed by atoms with Crippen LogP contribution in [0.15, 0.2) is 85.2 Å². The van der Waals surface area contributed by atoms with Gasteiger partial charge < -0.3 is 135 Å². The van der Waals surface area contributed by atoms with Gasteiger partial charge in [-0.25, -0.2) is 0 Å². The van der Waals surface area contributed by atoms with Gasteiger partial charge in [-0.1, -0.05) is 102 Å². The summed E-state index contributed by atoms with van der Waals surface area (Å²) in [6, 6.07) is -2.29. The number of nitrogens with zero attached hydrogens (tertiary/aromatic N) is 6. The lowest BCUT2D eigenvalue weighted by Gasteiger charge is -2.36. The number of benzene rings is 3. The number of ether oxygens (including phenoxy) is 2. The van der Waals surface area contributed by atoms with E-state index in [2.05, 4.69) is 63.5 Å². The van der Waals surface area contributed by atoms with Gasteiger partial charge in [0.05, 0.1) is 39.3 Å². The molecule has 0 saturated carbocycles. The molecule has 17 amide bonds. The van der Waals surface area contributed by atoms with E-state index in [1.807, 2.05) is 13.8 Å². The molecule has 3 saturated heterocycles. The molecule has 5 heterocycles. The third-order valence-corrected chi connectivity index (χ3v) is 24.3. The lowest BCUT2D eigenvalue weighted by Crippen LogP contribution is -2.62. The van der Waals surface area contributed by atoms with E-state index >= 15 is 33.6 Å². The molecule has 5 aromatic rings. The maximum absolute atomic E-state index is 16.0. The first-order valence-corrected chi connectivity index (χ1v) is 45.5. The molecule has 22 N–H and O–H groups in total. The predicted octanol–water partition coefficient (Wildman–Crippen LogP) is -4.56. The fraction of sp³-hybridized carbons (Fsp3) is 0.549. The number of aromatic nitrogens is 2. The summed E-state index contributed by atoms with van der Waals surface area (Å²) in [6.07, 6.45) is 0.0909.